The molecule has 5 aliphatic heterocycles. The first kappa shape index (κ1) is 98.2. The Kier molecular flexibility index (Phi) is 36.2. The number of aromatic amines is 1. The van der Waals surface area contributed by atoms with Crippen molar-refractivity contribution in [1.29, 1.82) is 0 Å². The third-order valence-corrected chi connectivity index (χ3v) is 22.3. The molecule has 0 fully saturated rings. The van der Waals surface area contributed by atoms with Crippen molar-refractivity contribution in [1.82, 2.24) is 49.2 Å². The fourth-order valence-electron chi connectivity index (χ4n) is 15.3. The van der Waals surface area contributed by atoms with Crippen LogP contribution in [0.1, 0.15) is 205 Å². The van der Waals surface area contributed by atoms with Crippen LogP contribution in [0.15, 0.2) is 204 Å². The van der Waals surface area contributed by atoms with Crippen molar-refractivity contribution in [3.63, 3.8) is 0 Å². The summed E-state index contributed by atoms with van der Waals surface area (Å²) in [6, 6.07) is 42.9. The number of nitrogens with zero attached hydrogens (tertiary/aromatic N) is 9. The molecular weight excluding hydrogens is 1670 g/mol. The minimum absolute atomic E-state index is 0.00364. The highest BCUT2D eigenvalue weighted by molar-refractivity contribution is 5.84. The normalized spacial score (nSPS) is 14.6. The summed E-state index contributed by atoms with van der Waals surface area (Å²) in [4.78, 5) is 82.8. The molecule has 6 aromatic heterocycles. The number of hydrogen-bond donors (Lipinski definition) is 1. The number of aryl methyl sites for hydroxylation is 3. The number of carbonyl (C=O) groups excluding carboxylic acids is 5. The monoisotopic (exact) mass is 1780 g/mol. The van der Waals surface area contributed by atoms with Crippen LogP contribution in [0.25, 0.3) is 33.9 Å². The second-order valence-electron chi connectivity index (χ2n) is 33.4. The molecule has 0 radical (unpaired) electrons. The van der Waals surface area contributed by atoms with Gasteiger partial charge >= 0.3 is 6.09 Å². The van der Waals surface area contributed by atoms with Gasteiger partial charge in [0, 0.05) is 84.0 Å². The molecule has 0 aliphatic carbocycles. The number of aldehydes is 4. The number of carbonyl (C=O) groups is 5. The first-order valence-corrected chi connectivity index (χ1v) is 44.0. The zero-order valence-electron chi connectivity index (χ0n) is 77.4. The first-order valence-electron chi connectivity index (χ1n) is 44.0. The fraction of sp³-hybridized carbons (Fsp3) is 0.369. The Hall–Kier alpha value is -13.4. The topological polar surface area (TPSA) is 311 Å². The molecule has 0 atom stereocenters. The summed E-state index contributed by atoms with van der Waals surface area (Å²) in [5.41, 5.74) is 20.8. The smallest absolute Gasteiger partial charge is 0.410 e. The highest BCUT2D eigenvalue weighted by Crippen LogP contribution is 2.37. The highest BCUT2D eigenvalue weighted by Gasteiger charge is 2.31. The van der Waals surface area contributed by atoms with E-state index in [-0.39, 0.29) is 48.3 Å². The largest absolute Gasteiger partial charge is 0.496 e. The van der Waals surface area contributed by atoms with Crippen LogP contribution in [-0.4, -0.2) is 199 Å². The van der Waals surface area contributed by atoms with E-state index in [1.54, 1.807) is 30.5 Å². The molecule has 28 heteroatoms. The molecule has 0 saturated heterocycles. The van der Waals surface area contributed by atoms with Crippen molar-refractivity contribution in [3.05, 3.63) is 282 Å². The zero-order valence-corrected chi connectivity index (χ0v) is 77.4. The summed E-state index contributed by atoms with van der Waals surface area (Å²) < 4.78 is 74.4. The van der Waals surface area contributed by atoms with Crippen LogP contribution in [0.3, 0.4) is 0 Å². The molecule has 28 nitrogen and oxygen atoms in total. The van der Waals surface area contributed by atoms with Gasteiger partial charge in [0.2, 0.25) is 11.8 Å². The average molecular weight is 1790 g/mol. The van der Waals surface area contributed by atoms with Crippen LogP contribution >= 0.6 is 0 Å². The van der Waals surface area contributed by atoms with Gasteiger partial charge in [-0.25, -0.2) is 14.8 Å². The van der Waals surface area contributed by atoms with E-state index in [0.717, 1.165) is 129 Å². The maximum Gasteiger partial charge on any atom is 0.410 e. The predicted molar refractivity (Wildman–Crippen MR) is 504 cm³/mol. The molecular formula is C103H120N10O18. The van der Waals surface area contributed by atoms with E-state index in [4.69, 9.17) is 56.8 Å². The van der Waals surface area contributed by atoms with Gasteiger partial charge in [0.15, 0.2) is 30.6 Å². The molecule has 1 N–H and O–H groups in total. The molecule has 0 unspecified atom stereocenters. The van der Waals surface area contributed by atoms with Crippen molar-refractivity contribution in [3.8, 4) is 40.5 Å². The van der Waals surface area contributed by atoms with Gasteiger partial charge in [-0.3, -0.25) is 38.0 Å². The minimum Gasteiger partial charge on any atom is -0.496 e. The van der Waals surface area contributed by atoms with E-state index in [1.807, 2.05) is 171 Å². The van der Waals surface area contributed by atoms with E-state index in [9.17, 15) is 28.8 Å². The van der Waals surface area contributed by atoms with Crippen molar-refractivity contribution >= 4 is 65.2 Å². The van der Waals surface area contributed by atoms with Crippen molar-refractivity contribution < 1.29 is 80.8 Å². The summed E-state index contributed by atoms with van der Waals surface area (Å²) in [5.74, 6) is 3.76. The van der Waals surface area contributed by atoms with Crippen LogP contribution in [-0.2, 0) is 23.7 Å². The molecule has 11 heterocycles. The number of H-pyrrole nitrogens is 1. The van der Waals surface area contributed by atoms with Crippen molar-refractivity contribution in [2.24, 2.45) is 0 Å². The van der Waals surface area contributed by atoms with E-state index in [0.29, 0.717) is 144 Å². The molecule has 15 rings (SSSR count). The summed E-state index contributed by atoms with van der Waals surface area (Å²) in [7, 11) is 3.16. The maximum atomic E-state index is 12.7. The standard InChI is InChI=1S/C24H32N4O5.C21H22O4.C20H25N3O2.C20H20O3.C18H21N3O4/c1-16(2)28-20(7-9-26-28)19-13-27(23(30)33-24(3,4)5)10-8-17(19)15-32-21-12-25-22(31-6)11-18(21)14-29;1-15-6-5-9-21(18(15)12-22)25-13-16-10-11-24-14-19(16)17-7-3-4-8-20(17)23-2;1-5-18-20(7-6-15(4)22-18)25-12-16-9-11-24-13-17(16)19-8-10-21-23(19)14(2)3;1-15-6-5-9-20(18(15)12-21)23-13-17-10-11-22-14-19(17)16-7-3-2-4-8-16;1-12(2)21-16(3-7-20-21)15-11-24-8-5-13(15)10-25-18-14(9-22)17(23)4-6-19-18/h7,9,11-12,14,16H,8,10,13,15H2,1-6H3;3-9,12H,10-11,13-14H2,1-2H3;5-8,10,14H,1,9,11-13H2,2-4H3;2-9,12H,10-11,13-14H2,1H3;3-4,6-7,9,12H,5,8,10-11H2,1-2H3,(H,19,23). The molecule has 0 bridgehead atoms. The van der Waals surface area contributed by atoms with Crippen LogP contribution in [0.5, 0.6) is 40.5 Å². The Morgan fingerprint density at radius 2 is 0.962 bits per heavy atom. The zero-order chi connectivity index (χ0) is 93.5. The molecule has 0 spiro atoms. The molecule has 10 aromatic rings. The Morgan fingerprint density at radius 1 is 0.496 bits per heavy atom. The van der Waals surface area contributed by atoms with E-state index in [2.05, 4.69) is 90.5 Å². The first-order chi connectivity index (χ1) is 63.4. The molecule has 0 saturated carbocycles. The van der Waals surface area contributed by atoms with Gasteiger partial charge in [-0.2, -0.15) is 15.3 Å². The Morgan fingerprint density at radius 3 is 1.47 bits per heavy atom. The number of pyridine rings is 3. The van der Waals surface area contributed by atoms with Crippen molar-refractivity contribution in [2.75, 3.05) is 113 Å². The fourth-order valence-corrected chi connectivity index (χ4v) is 15.3. The number of methoxy groups -OCH3 is 2. The van der Waals surface area contributed by atoms with E-state index < -0.39 is 5.60 Å². The minimum atomic E-state index is -0.573. The highest BCUT2D eigenvalue weighted by atomic mass is 16.6. The average Bonchev–Trinajstić information content (AvgIpc) is 1.72. The lowest BCUT2D eigenvalue weighted by molar-refractivity contribution is 0.0268. The molecule has 1 amide bonds. The molecule has 4 aromatic carbocycles. The van der Waals surface area contributed by atoms with Crippen LogP contribution in [0, 0.1) is 20.8 Å². The lowest BCUT2D eigenvalue weighted by Crippen LogP contribution is -2.41. The van der Waals surface area contributed by atoms with Gasteiger partial charge in [0.05, 0.1) is 114 Å². The summed E-state index contributed by atoms with van der Waals surface area (Å²) in [5, 5.41) is 13.3. The van der Waals surface area contributed by atoms with Gasteiger partial charge in [-0.15, -0.1) is 0 Å². The van der Waals surface area contributed by atoms with E-state index >= 15 is 0 Å². The number of rotatable bonds is 30. The summed E-state index contributed by atoms with van der Waals surface area (Å²) >= 11 is 0. The lowest BCUT2D eigenvalue weighted by Gasteiger charge is -2.33. The summed E-state index contributed by atoms with van der Waals surface area (Å²) in [6.45, 7) is 35.5. The molecule has 5 aliphatic rings. The molecule has 131 heavy (non-hydrogen) atoms. The number of nitrogens with one attached hydrogen (secondary N) is 1. The van der Waals surface area contributed by atoms with E-state index in [1.165, 1.54) is 65.1 Å². The number of amides is 1. The van der Waals surface area contributed by atoms with Crippen molar-refractivity contribution in [2.45, 2.75) is 139 Å². The number of hydrogen-bond acceptors (Lipinski definition) is 23. The van der Waals surface area contributed by atoms with Crippen LogP contribution < -0.4 is 38.6 Å². The predicted octanol–water partition coefficient (Wildman–Crippen LogP) is 18.6. The van der Waals surface area contributed by atoms with Gasteiger partial charge in [-0.1, -0.05) is 79.4 Å². The third kappa shape index (κ3) is 26.4. The van der Waals surface area contributed by atoms with Gasteiger partial charge in [0.1, 0.15) is 78.6 Å². The van der Waals surface area contributed by atoms with Crippen LogP contribution in [0.4, 0.5) is 4.79 Å². The molecule has 690 valence electrons. The Labute approximate surface area is 765 Å². The SMILES string of the molecule is C=Cc1nc(C)ccc1OCC1=C(c2ccnn2C(C)C)COCC1.CC(C)n1nccc1C1=C(COc2[nH]ccc(=O)c2C=O)CCOC1.COc1cc(C=O)c(OCC2=C(c3ccnn3C(C)C)CN(C(=O)OC(C)(C)C)CC2)cn1.COc1ccccc1C1=C(COc2cccc(C)c2C=O)CCOC1.Cc1cccc(OCC2=C(c3ccccc3)COCC2)c1C=O. The number of ether oxygens (including phenoxy) is 12. The van der Waals surface area contributed by atoms with Gasteiger partial charge in [-0.05, 0) is 231 Å². The quantitative estimate of drug-likeness (QED) is 0.0409. The van der Waals surface area contributed by atoms with Gasteiger partial charge < -0.3 is 66.7 Å². The number of benzene rings is 4. The third-order valence-electron chi connectivity index (χ3n) is 22.3. The summed E-state index contributed by atoms with van der Waals surface area (Å²) in [6.07, 6.45) is 16.5. The second kappa shape index (κ2) is 48.3. The maximum absolute atomic E-state index is 12.7. The number of para-hydroxylation sites is 1. The Bertz CT molecular complexity index is 5820. The number of aromatic nitrogens is 9. The Balaban J connectivity index is 0.000000159. The van der Waals surface area contributed by atoms with Gasteiger partial charge in [0.25, 0.3) is 0 Å². The lowest BCUT2D eigenvalue weighted by atomic mass is 9.96. The van der Waals surface area contributed by atoms with Crippen LogP contribution in [0.2, 0.25) is 0 Å². The second-order valence-corrected chi connectivity index (χ2v) is 33.4.